The minimum Gasteiger partial charge on any atom is -0.339 e. The van der Waals surface area contributed by atoms with E-state index in [9.17, 15) is 4.39 Å². The molecule has 0 amide bonds. The maximum absolute atomic E-state index is 13.5. The summed E-state index contributed by atoms with van der Waals surface area (Å²) >= 11 is 0. The lowest BCUT2D eigenvalue weighted by Gasteiger charge is -2.13. The number of benzene rings is 1. The van der Waals surface area contributed by atoms with Gasteiger partial charge in [-0.1, -0.05) is 31.1 Å². The third kappa shape index (κ3) is 2.81. The number of rotatable bonds is 4. The highest BCUT2D eigenvalue weighted by atomic mass is 19.1. The molecule has 1 aromatic heterocycles. The molecule has 1 heterocycles. The first-order valence-electron chi connectivity index (χ1n) is 6.38. The number of nitrogens with zero attached hydrogens (tertiary/aromatic N) is 2. The van der Waals surface area contributed by atoms with E-state index in [-0.39, 0.29) is 17.8 Å². The van der Waals surface area contributed by atoms with Gasteiger partial charge in [0, 0.05) is 11.6 Å². The van der Waals surface area contributed by atoms with Crippen molar-refractivity contribution in [2.24, 2.45) is 5.73 Å². The molecule has 2 N–H and O–H groups in total. The van der Waals surface area contributed by atoms with Crippen molar-refractivity contribution in [3.63, 3.8) is 0 Å². The molecule has 2 atom stereocenters. The fourth-order valence-electron chi connectivity index (χ4n) is 1.81. The molecule has 0 bridgehead atoms. The van der Waals surface area contributed by atoms with Gasteiger partial charge in [0.2, 0.25) is 11.7 Å². The largest absolute Gasteiger partial charge is 0.339 e. The van der Waals surface area contributed by atoms with E-state index in [2.05, 4.69) is 10.1 Å². The smallest absolute Gasteiger partial charge is 0.231 e. The third-order valence-electron chi connectivity index (χ3n) is 3.37. The number of aryl methyl sites for hydroxylation is 1. The predicted octanol–water partition coefficient (Wildman–Crippen LogP) is 3.02. The molecular weight excluding hydrogens is 245 g/mol. The number of halogens is 1. The van der Waals surface area contributed by atoms with Crippen LogP contribution in [-0.4, -0.2) is 16.2 Å². The Labute approximate surface area is 111 Å². The Morgan fingerprint density at radius 3 is 2.79 bits per heavy atom. The Morgan fingerprint density at radius 2 is 2.16 bits per heavy atom. The molecule has 1 aromatic carbocycles. The lowest BCUT2D eigenvalue weighted by molar-refractivity contribution is 0.340. The summed E-state index contributed by atoms with van der Waals surface area (Å²) in [4.78, 5) is 4.30. The van der Waals surface area contributed by atoms with Crippen LogP contribution in [0.3, 0.4) is 0 Å². The SMILES string of the molecule is CCC(N)C(C)c1nc(-c2ccc(C)c(F)c2)no1. The molecule has 2 unspecified atom stereocenters. The lowest BCUT2D eigenvalue weighted by atomic mass is 10.0. The molecule has 2 rings (SSSR count). The summed E-state index contributed by atoms with van der Waals surface area (Å²) in [6.07, 6.45) is 0.831. The van der Waals surface area contributed by atoms with Crippen molar-refractivity contribution < 1.29 is 8.91 Å². The Morgan fingerprint density at radius 1 is 1.42 bits per heavy atom. The molecule has 0 radical (unpaired) electrons. The van der Waals surface area contributed by atoms with E-state index < -0.39 is 0 Å². The number of hydrogen-bond donors (Lipinski definition) is 1. The van der Waals surface area contributed by atoms with E-state index in [0.29, 0.717) is 22.8 Å². The number of hydrogen-bond acceptors (Lipinski definition) is 4. The molecule has 0 spiro atoms. The quantitative estimate of drug-likeness (QED) is 0.920. The Bertz CT molecular complexity index is 568. The highest BCUT2D eigenvalue weighted by Gasteiger charge is 2.20. The van der Waals surface area contributed by atoms with Crippen LogP contribution < -0.4 is 5.73 Å². The molecule has 4 nitrogen and oxygen atoms in total. The minimum absolute atomic E-state index is 0.0125. The summed E-state index contributed by atoms with van der Waals surface area (Å²) in [5, 5.41) is 3.89. The minimum atomic E-state index is -0.276. The van der Waals surface area contributed by atoms with Gasteiger partial charge in [-0.3, -0.25) is 0 Å². The first kappa shape index (κ1) is 13.7. The predicted molar refractivity (Wildman–Crippen MR) is 71.1 cm³/mol. The van der Waals surface area contributed by atoms with Gasteiger partial charge >= 0.3 is 0 Å². The Hall–Kier alpha value is -1.75. The van der Waals surface area contributed by atoms with Crippen LogP contribution in [0.25, 0.3) is 11.4 Å². The van der Waals surface area contributed by atoms with E-state index in [0.717, 1.165) is 6.42 Å². The van der Waals surface area contributed by atoms with Crippen molar-refractivity contribution >= 4 is 0 Å². The molecule has 0 aliphatic carbocycles. The average Bonchev–Trinajstić information content (AvgIpc) is 2.89. The van der Waals surface area contributed by atoms with Gasteiger partial charge in [0.05, 0.1) is 5.92 Å². The highest BCUT2D eigenvalue weighted by molar-refractivity contribution is 5.55. The van der Waals surface area contributed by atoms with Gasteiger partial charge in [-0.05, 0) is 25.0 Å². The molecule has 5 heteroatoms. The van der Waals surface area contributed by atoms with Gasteiger partial charge in [-0.15, -0.1) is 0 Å². The van der Waals surface area contributed by atoms with Gasteiger partial charge in [0.15, 0.2) is 0 Å². The summed E-state index contributed by atoms with van der Waals surface area (Å²) in [5.74, 6) is 0.595. The maximum atomic E-state index is 13.5. The molecule has 0 fully saturated rings. The second-order valence-electron chi connectivity index (χ2n) is 4.78. The second kappa shape index (κ2) is 5.48. The van der Waals surface area contributed by atoms with Gasteiger partial charge in [-0.2, -0.15) is 4.98 Å². The maximum Gasteiger partial charge on any atom is 0.231 e. The molecule has 0 aliphatic rings. The van der Waals surface area contributed by atoms with Crippen LogP contribution in [0.1, 0.15) is 37.6 Å². The van der Waals surface area contributed by atoms with E-state index in [1.807, 2.05) is 13.8 Å². The van der Waals surface area contributed by atoms with Crippen molar-refractivity contribution in [2.45, 2.75) is 39.2 Å². The summed E-state index contributed by atoms with van der Waals surface area (Å²) in [5.41, 5.74) is 7.15. The van der Waals surface area contributed by atoms with E-state index in [1.165, 1.54) is 6.07 Å². The zero-order valence-corrected chi connectivity index (χ0v) is 11.4. The second-order valence-corrected chi connectivity index (χ2v) is 4.78. The normalized spacial score (nSPS) is 14.4. The summed E-state index contributed by atoms with van der Waals surface area (Å²) in [6, 6.07) is 4.86. The summed E-state index contributed by atoms with van der Waals surface area (Å²) < 4.78 is 18.7. The summed E-state index contributed by atoms with van der Waals surface area (Å²) in [7, 11) is 0. The van der Waals surface area contributed by atoms with Gasteiger partial charge in [-0.25, -0.2) is 4.39 Å². The van der Waals surface area contributed by atoms with Crippen LogP contribution in [0.4, 0.5) is 4.39 Å². The van der Waals surface area contributed by atoms with Crippen molar-refractivity contribution in [1.29, 1.82) is 0 Å². The molecule has 102 valence electrons. The van der Waals surface area contributed by atoms with Crippen LogP contribution in [-0.2, 0) is 0 Å². The van der Waals surface area contributed by atoms with Gasteiger partial charge in [0.1, 0.15) is 5.82 Å². The molecule has 2 aromatic rings. The van der Waals surface area contributed by atoms with Gasteiger partial charge < -0.3 is 10.3 Å². The van der Waals surface area contributed by atoms with Gasteiger partial charge in [0.25, 0.3) is 0 Å². The Balaban J connectivity index is 2.27. The fraction of sp³-hybridized carbons (Fsp3) is 0.429. The standard InChI is InChI=1S/C14H18FN3O/c1-4-12(16)9(3)14-17-13(18-19-14)10-6-5-8(2)11(15)7-10/h5-7,9,12H,4,16H2,1-3H3. The monoisotopic (exact) mass is 263 g/mol. The molecular formula is C14H18FN3O. The first-order chi connectivity index (χ1) is 9.02. The fourth-order valence-corrected chi connectivity index (χ4v) is 1.81. The lowest BCUT2D eigenvalue weighted by Crippen LogP contribution is -2.25. The Kier molecular flexibility index (Phi) is 3.95. The van der Waals surface area contributed by atoms with Crippen LogP contribution >= 0.6 is 0 Å². The van der Waals surface area contributed by atoms with E-state index >= 15 is 0 Å². The van der Waals surface area contributed by atoms with Crippen LogP contribution in [0.15, 0.2) is 22.7 Å². The zero-order valence-electron chi connectivity index (χ0n) is 11.4. The van der Waals surface area contributed by atoms with E-state index in [1.54, 1.807) is 19.1 Å². The van der Waals surface area contributed by atoms with Crippen LogP contribution in [0, 0.1) is 12.7 Å². The molecule has 0 saturated heterocycles. The van der Waals surface area contributed by atoms with Crippen molar-refractivity contribution in [2.75, 3.05) is 0 Å². The summed E-state index contributed by atoms with van der Waals surface area (Å²) in [6.45, 7) is 5.66. The topological polar surface area (TPSA) is 64.9 Å². The zero-order chi connectivity index (χ0) is 14.0. The number of nitrogens with two attached hydrogens (primary N) is 1. The first-order valence-corrected chi connectivity index (χ1v) is 6.38. The van der Waals surface area contributed by atoms with Crippen molar-refractivity contribution in [1.82, 2.24) is 10.1 Å². The third-order valence-corrected chi connectivity index (χ3v) is 3.37. The highest BCUT2D eigenvalue weighted by Crippen LogP contribution is 2.23. The van der Waals surface area contributed by atoms with Crippen molar-refractivity contribution in [3.8, 4) is 11.4 Å². The van der Waals surface area contributed by atoms with Crippen molar-refractivity contribution in [3.05, 3.63) is 35.5 Å². The molecule has 19 heavy (non-hydrogen) atoms. The molecule has 0 saturated carbocycles. The van der Waals surface area contributed by atoms with Crippen LogP contribution in [0.5, 0.6) is 0 Å². The number of aromatic nitrogens is 2. The molecule has 0 aliphatic heterocycles. The average molecular weight is 263 g/mol. The van der Waals surface area contributed by atoms with E-state index in [4.69, 9.17) is 10.3 Å². The van der Waals surface area contributed by atoms with Crippen LogP contribution in [0.2, 0.25) is 0 Å².